The number of alkyl halides is 3. The molecule has 1 N–H and O–H groups in total. The minimum Gasteiger partial charge on any atom is -0.325 e. The number of amides is 3. The molecule has 4 aromatic rings. The van der Waals surface area contributed by atoms with Gasteiger partial charge in [0.2, 0.25) is 17.7 Å². The smallest absolute Gasteiger partial charge is 0.325 e. The second-order valence-corrected chi connectivity index (χ2v) is 12.3. The third kappa shape index (κ3) is 5.27. The van der Waals surface area contributed by atoms with E-state index in [9.17, 15) is 36.7 Å². The Hall–Kier alpha value is -4.23. The van der Waals surface area contributed by atoms with Gasteiger partial charge in [-0.2, -0.15) is 13.2 Å². The van der Waals surface area contributed by atoms with Crippen LogP contribution in [0.4, 0.5) is 28.9 Å². The number of imide groups is 1. The molecule has 1 aromatic heterocycles. The number of benzene rings is 3. The molecule has 0 bridgehead atoms. The van der Waals surface area contributed by atoms with Gasteiger partial charge >= 0.3 is 11.0 Å². The Morgan fingerprint density at radius 3 is 2.33 bits per heavy atom. The Bertz CT molecular complexity index is 1820. The molecule has 0 saturated carbocycles. The lowest BCUT2D eigenvalue weighted by Gasteiger charge is -2.30. The van der Waals surface area contributed by atoms with Crippen molar-refractivity contribution in [2.75, 3.05) is 10.2 Å². The Kier molecular flexibility index (Phi) is 7.25. The van der Waals surface area contributed by atoms with Crippen molar-refractivity contribution in [1.29, 1.82) is 0 Å². The first kappa shape index (κ1) is 28.9. The molecule has 2 aliphatic rings. The summed E-state index contributed by atoms with van der Waals surface area (Å²) in [4.78, 5) is 54.8. The van der Waals surface area contributed by atoms with E-state index in [2.05, 4.69) is 5.32 Å². The van der Waals surface area contributed by atoms with Crippen LogP contribution in [0, 0.1) is 18.7 Å². The van der Waals surface area contributed by atoms with Gasteiger partial charge in [-0.25, -0.2) is 9.29 Å². The summed E-state index contributed by atoms with van der Waals surface area (Å²) in [6, 6.07) is 16.5. The summed E-state index contributed by atoms with van der Waals surface area (Å²) in [5.41, 5.74) is 0.815. The third-order valence-corrected chi connectivity index (χ3v) is 9.95. The average molecular weight is 628 g/mol. The lowest BCUT2D eigenvalue weighted by molar-refractivity contribution is -0.137. The maximum Gasteiger partial charge on any atom is 0.416 e. The van der Waals surface area contributed by atoms with Gasteiger partial charge in [0.25, 0.3) is 0 Å². The fraction of sp³-hybridized carbons (Fsp3) is 0.200. The van der Waals surface area contributed by atoms with E-state index >= 15 is 0 Å². The molecule has 0 unspecified atom stereocenters. The number of rotatable bonds is 5. The SMILES string of the molecule is Cc1ccc(N2C(=O)[C@H]3[C@H](c4ccc(F)cc4)c4sc(=O)n(CC(=O)Nc5cccc(C(F)(F)F)c5)c4S[C@H]3C2=O)cc1. The zero-order chi connectivity index (χ0) is 30.6. The number of halogens is 4. The Morgan fingerprint density at radius 2 is 1.65 bits per heavy atom. The minimum absolute atomic E-state index is 0.0980. The van der Waals surface area contributed by atoms with Crippen molar-refractivity contribution in [3.8, 4) is 0 Å². The number of hydrogen-bond donors (Lipinski definition) is 1. The summed E-state index contributed by atoms with van der Waals surface area (Å²) in [6.45, 7) is 1.34. The molecule has 3 amide bonds. The first-order valence-electron chi connectivity index (χ1n) is 13.0. The van der Waals surface area contributed by atoms with Crippen molar-refractivity contribution in [2.24, 2.45) is 5.92 Å². The number of carbonyl (C=O) groups excluding carboxylic acids is 3. The molecule has 6 rings (SSSR count). The monoisotopic (exact) mass is 627 g/mol. The van der Waals surface area contributed by atoms with Crippen molar-refractivity contribution in [3.63, 3.8) is 0 Å². The van der Waals surface area contributed by atoms with Crippen LogP contribution in [0.25, 0.3) is 0 Å². The molecule has 220 valence electrons. The first-order chi connectivity index (χ1) is 20.4. The van der Waals surface area contributed by atoms with Crippen molar-refractivity contribution < 1.29 is 31.9 Å². The molecule has 0 aliphatic carbocycles. The summed E-state index contributed by atoms with van der Waals surface area (Å²) in [7, 11) is 0. The zero-order valence-electron chi connectivity index (χ0n) is 22.2. The highest BCUT2D eigenvalue weighted by Gasteiger charge is 2.56. The molecular weight excluding hydrogens is 606 g/mol. The molecule has 43 heavy (non-hydrogen) atoms. The van der Waals surface area contributed by atoms with Crippen molar-refractivity contribution in [2.45, 2.75) is 35.8 Å². The van der Waals surface area contributed by atoms with Gasteiger partial charge in [0.05, 0.1) is 22.2 Å². The van der Waals surface area contributed by atoms with Gasteiger partial charge in [0.1, 0.15) is 17.6 Å². The van der Waals surface area contributed by atoms with Crippen LogP contribution in [0.5, 0.6) is 0 Å². The standard InChI is InChI=1S/C30H21F4N3O4S2/c1-15-5-11-20(12-6-15)37-26(39)23-22(16-7-9-18(31)10-8-16)25-28(42-24(23)27(37)40)36(29(41)43-25)14-21(38)35-19-4-2-3-17(13-19)30(32,33)34/h2-13,22-24H,14H2,1H3,(H,35,38)/t22-,23-,24+/m0/s1. The van der Waals surface area contributed by atoms with Crippen LogP contribution in [0.15, 0.2) is 82.6 Å². The number of hydrogen-bond acceptors (Lipinski definition) is 6. The van der Waals surface area contributed by atoms with E-state index < -0.39 is 63.8 Å². The predicted octanol–water partition coefficient (Wildman–Crippen LogP) is 5.81. The predicted molar refractivity (Wildman–Crippen MR) is 154 cm³/mol. The van der Waals surface area contributed by atoms with E-state index in [1.54, 1.807) is 24.3 Å². The van der Waals surface area contributed by atoms with Gasteiger partial charge in [-0.05, 0) is 55.0 Å². The van der Waals surface area contributed by atoms with Gasteiger partial charge in [0.15, 0.2) is 0 Å². The number of fused-ring (bicyclic) bond motifs is 2. The second kappa shape index (κ2) is 10.8. The summed E-state index contributed by atoms with van der Waals surface area (Å²) in [6.07, 6.45) is -4.61. The van der Waals surface area contributed by atoms with Crippen LogP contribution in [0.2, 0.25) is 0 Å². The molecule has 7 nitrogen and oxygen atoms in total. The number of aryl methyl sites for hydroxylation is 1. The third-order valence-electron chi connectivity index (χ3n) is 7.35. The average Bonchev–Trinajstić information content (AvgIpc) is 3.40. The van der Waals surface area contributed by atoms with Crippen LogP contribution >= 0.6 is 23.1 Å². The van der Waals surface area contributed by atoms with Crippen LogP contribution < -0.4 is 15.1 Å². The molecule has 1 saturated heterocycles. The van der Waals surface area contributed by atoms with Gasteiger partial charge in [0, 0.05) is 16.5 Å². The van der Waals surface area contributed by atoms with Gasteiger partial charge in [-0.3, -0.25) is 23.7 Å². The molecule has 0 spiro atoms. The molecule has 3 heterocycles. The highest BCUT2D eigenvalue weighted by atomic mass is 32.2. The quantitative estimate of drug-likeness (QED) is 0.223. The number of carbonyl (C=O) groups is 3. The normalized spacial score (nSPS) is 19.7. The van der Waals surface area contributed by atoms with Crippen LogP contribution in [-0.2, 0) is 27.1 Å². The molecule has 3 aromatic carbocycles. The topological polar surface area (TPSA) is 88.5 Å². The minimum atomic E-state index is -4.61. The van der Waals surface area contributed by atoms with Crippen LogP contribution in [0.3, 0.4) is 0 Å². The van der Waals surface area contributed by atoms with Crippen molar-refractivity contribution in [3.05, 3.63) is 110 Å². The Morgan fingerprint density at radius 1 is 0.953 bits per heavy atom. The van der Waals surface area contributed by atoms with E-state index in [0.29, 0.717) is 21.2 Å². The summed E-state index contributed by atoms with van der Waals surface area (Å²) in [5.74, 6) is -3.88. The summed E-state index contributed by atoms with van der Waals surface area (Å²) < 4.78 is 54.4. The molecule has 13 heteroatoms. The highest BCUT2D eigenvalue weighted by Crippen LogP contribution is 2.53. The Balaban J connectivity index is 1.37. The fourth-order valence-corrected chi connectivity index (χ4v) is 8.12. The number of anilines is 2. The van der Waals surface area contributed by atoms with Crippen LogP contribution in [0.1, 0.15) is 27.5 Å². The lowest BCUT2D eigenvalue weighted by atomic mass is 9.83. The maximum atomic E-state index is 13.9. The lowest BCUT2D eigenvalue weighted by Crippen LogP contribution is -2.33. The number of nitrogens with one attached hydrogen (secondary N) is 1. The molecule has 2 aliphatic heterocycles. The maximum absolute atomic E-state index is 13.9. The Labute approximate surface area is 250 Å². The number of thioether (sulfide) groups is 1. The summed E-state index contributed by atoms with van der Waals surface area (Å²) >= 11 is 1.81. The van der Waals surface area contributed by atoms with E-state index in [1.807, 2.05) is 6.92 Å². The van der Waals surface area contributed by atoms with E-state index in [0.717, 1.165) is 56.3 Å². The van der Waals surface area contributed by atoms with E-state index in [4.69, 9.17) is 0 Å². The first-order valence-corrected chi connectivity index (χ1v) is 14.7. The summed E-state index contributed by atoms with van der Waals surface area (Å²) in [5, 5.41) is 1.76. The largest absolute Gasteiger partial charge is 0.416 e. The van der Waals surface area contributed by atoms with Crippen molar-refractivity contribution in [1.82, 2.24) is 4.57 Å². The van der Waals surface area contributed by atoms with Gasteiger partial charge < -0.3 is 5.32 Å². The molecule has 3 atom stereocenters. The highest BCUT2D eigenvalue weighted by molar-refractivity contribution is 8.00. The fourth-order valence-electron chi connectivity index (χ4n) is 5.35. The van der Waals surface area contributed by atoms with E-state index in [-0.39, 0.29) is 5.69 Å². The number of aromatic nitrogens is 1. The van der Waals surface area contributed by atoms with Gasteiger partial charge in [-0.15, -0.1) is 0 Å². The van der Waals surface area contributed by atoms with Crippen LogP contribution in [-0.4, -0.2) is 27.5 Å². The van der Waals surface area contributed by atoms with E-state index in [1.165, 1.54) is 30.3 Å². The molecule has 1 fully saturated rings. The second-order valence-electron chi connectivity index (χ2n) is 10.2. The molecule has 0 radical (unpaired) electrons. The zero-order valence-corrected chi connectivity index (χ0v) is 23.9. The van der Waals surface area contributed by atoms with Gasteiger partial charge in [-0.1, -0.05) is 59.0 Å². The van der Waals surface area contributed by atoms with Crippen molar-refractivity contribution >= 4 is 52.2 Å². The molecular formula is C30H21F4N3O4S2. The number of thiazole rings is 1. The number of nitrogens with zero attached hydrogens (tertiary/aromatic N) is 2.